The Balaban J connectivity index is 2.17. The van der Waals surface area contributed by atoms with Gasteiger partial charge in [-0.1, -0.05) is 26.2 Å². The van der Waals surface area contributed by atoms with Gasteiger partial charge in [-0.15, -0.1) is 0 Å². The van der Waals surface area contributed by atoms with E-state index in [1.165, 1.54) is 24.6 Å². The molecule has 6 heteroatoms. The Morgan fingerprint density at radius 1 is 1.33 bits per heavy atom. The quantitative estimate of drug-likeness (QED) is 0.835. The first-order chi connectivity index (χ1) is 9.86. The van der Waals surface area contributed by atoms with Gasteiger partial charge in [-0.05, 0) is 36.5 Å². The summed E-state index contributed by atoms with van der Waals surface area (Å²) in [5, 5.41) is 9.08. The van der Waals surface area contributed by atoms with Crippen LogP contribution in [0.15, 0.2) is 23.1 Å². The molecule has 0 atom stereocenters. The number of nitrogens with one attached hydrogen (secondary N) is 1. The molecule has 0 aromatic heterocycles. The second kappa shape index (κ2) is 6.04. The zero-order chi connectivity index (χ0) is 15.5. The first kappa shape index (κ1) is 15.8. The molecular weight excluding hydrogens is 286 g/mol. The lowest BCUT2D eigenvalue weighted by Crippen LogP contribution is -2.37. The van der Waals surface area contributed by atoms with Gasteiger partial charge in [0.25, 0.3) is 0 Å². The average molecular weight is 307 g/mol. The molecule has 0 amide bonds. The highest BCUT2D eigenvalue weighted by Crippen LogP contribution is 2.35. The maximum absolute atomic E-state index is 12.4. The second-order valence-electron chi connectivity index (χ2n) is 6.06. The highest BCUT2D eigenvalue weighted by molar-refractivity contribution is 7.89. The summed E-state index contributed by atoms with van der Waals surface area (Å²) in [6.45, 7) is 2.52. The monoisotopic (exact) mass is 307 g/mol. The van der Waals surface area contributed by atoms with Crippen LogP contribution in [0.4, 0.5) is 5.69 Å². The molecule has 0 unspecified atom stereocenters. The van der Waals surface area contributed by atoms with E-state index in [0.717, 1.165) is 25.7 Å². The fourth-order valence-corrected chi connectivity index (χ4v) is 4.13. The van der Waals surface area contributed by atoms with E-state index in [4.69, 9.17) is 11.0 Å². The number of benzene rings is 1. The van der Waals surface area contributed by atoms with Crippen molar-refractivity contribution in [1.82, 2.24) is 4.72 Å². The van der Waals surface area contributed by atoms with Gasteiger partial charge < -0.3 is 5.73 Å². The molecule has 0 heterocycles. The summed E-state index contributed by atoms with van der Waals surface area (Å²) in [6.07, 6.45) is 5.57. The molecule has 1 aliphatic rings. The van der Waals surface area contributed by atoms with E-state index >= 15 is 0 Å². The molecular formula is C15H21N3O2S. The van der Waals surface area contributed by atoms with Gasteiger partial charge in [-0.25, -0.2) is 13.1 Å². The van der Waals surface area contributed by atoms with Crippen LogP contribution in [0.1, 0.15) is 44.6 Å². The highest BCUT2D eigenvalue weighted by Gasteiger charge is 2.29. The van der Waals surface area contributed by atoms with Crippen molar-refractivity contribution in [3.05, 3.63) is 23.8 Å². The normalized spacial score (nSPS) is 18.1. The van der Waals surface area contributed by atoms with E-state index in [1.54, 1.807) is 0 Å². The van der Waals surface area contributed by atoms with E-state index < -0.39 is 10.0 Å². The number of nitriles is 1. The fourth-order valence-electron chi connectivity index (χ4n) is 2.80. The van der Waals surface area contributed by atoms with Crippen molar-refractivity contribution < 1.29 is 8.42 Å². The SMILES string of the molecule is CC1(CNS(=O)(=O)c2ccc(N)cc2C#N)CCCCC1. The largest absolute Gasteiger partial charge is 0.399 e. The van der Waals surface area contributed by atoms with Crippen molar-refractivity contribution in [3.8, 4) is 6.07 Å². The van der Waals surface area contributed by atoms with Gasteiger partial charge >= 0.3 is 0 Å². The maximum Gasteiger partial charge on any atom is 0.241 e. The molecule has 21 heavy (non-hydrogen) atoms. The van der Waals surface area contributed by atoms with E-state index in [0.29, 0.717) is 12.2 Å². The number of rotatable bonds is 4. The Morgan fingerprint density at radius 2 is 2.00 bits per heavy atom. The van der Waals surface area contributed by atoms with Crippen LogP contribution in [0.5, 0.6) is 0 Å². The van der Waals surface area contributed by atoms with Gasteiger partial charge in [-0.2, -0.15) is 5.26 Å². The lowest BCUT2D eigenvalue weighted by molar-refractivity contribution is 0.219. The zero-order valence-corrected chi connectivity index (χ0v) is 13.0. The van der Waals surface area contributed by atoms with E-state index in [2.05, 4.69) is 11.6 Å². The molecule has 2 rings (SSSR count). The van der Waals surface area contributed by atoms with Gasteiger partial charge in [0.1, 0.15) is 6.07 Å². The number of nitrogens with two attached hydrogens (primary N) is 1. The Bertz CT molecular complexity index is 656. The Kier molecular flexibility index (Phi) is 4.55. The molecule has 1 saturated carbocycles. The van der Waals surface area contributed by atoms with E-state index in [1.807, 2.05) is 6.07 Å². The molecule has 0 radical (unpaired) electrons. The summed E-state index contributed by atoms with van der Waals surface area (Å²) in [7, 11) is -3.69. The van der Waals surface area contributed by atoms with Gasteiger partial charge in [0.05, 0.1) is 10.5 Å². The first-order valence-corrected chi connectivity index (χ1v) is 8.64. The van der Waals surface area contributed by atoms with Crippen LogP contribution < -0.4 is 10.5 Å². The summed E-state index contributed by atoms with van der Waals surface area (Å²) in [4.78, 5) is -0.00129. The molecule has 0 aliphatic heterocycles. The van der Waals surface area contributed by atoms with Crippen molar-refractivity contribution in [2.45, 2.75) is 43.9 Å². The van der Waals surface area contributed by atoms with Gasteiger partial charge in [-0.3, -0.25) is 0 Å². The molecule has 1 fully saturated rings. The molecule has 0 bridgehead atoms. The number of hydrogen-bond acceptors (Lipinski definition) is 4. The molecule has 0 spiro atoms. The zero-order valence-electron chi connectivity index (χ0n) is 12.2. The molecule has 114 valence electrons. The smallest absolute Gasteiger partial charge is 0.241 e. The average Bonchev–Trinajstić information content (AvgIpc) is 2.46. The van der Waals surface area contributed by atoms with E-state index in [9.17, 15) is 8.42 Å². The van der Waals surface area contributed by atoms with Crippen molar-refractivity contribution in [3.63, 3.8) is 0 Å². The second-order valence-corrected chi connectivity index (χ2v) is 7.80. The highest BCUT2D eigenvalue weighted by atomic mass is 32.2. The topological polar surface area (TPSA) is 96.0 Å². The number of sulfonamides is 1. The Labute approximate surface area is 126 Å². The maximum atomic E-state index is 12.4. The van der Waals surface area contributed by atoms with Crippen molar-refractivity contribution in [2.24, 2.45) is 5.41 Å². The third-order valence-corrected chi connectivity index (χ3v) is 5.62. The molecule has 3 N–H and O–H groups in total. The summed E-state index contributed by atoms with van der Waals surface area (Å²) in [6, 6.07) is 6.16. The van der Waals surface area contributed by atoms with Crippen molar-refractivity contribution >= 4 is 15.7 Å². The predicted molar refractivity (Wildman–Crippen MR) is 81.9 cm³/mol. The molecule has 0 saturated heterocycles. The van der Waals surface area contributed by atoms with Crippen LogP contribution in [0.3, 0.4) is 0 Å². The molecule has 5 nitrogen and oxygen atoms in total. The molecule has 1 aromatic rings. The van der Waals surface area contributed by atoms with Crippen LogP contribution >= 0.6 is 0 Å². The van der Waals surface area contributed by atoms with Gasteiger partial charge in [0, 0.05) is 12.2 Å². The van der Waals surface area contributed by atoms with Gasteiger partial charge in [0.15, 0.2) is 0 Å². The molecule has 1 aromatic carbocycles. The number of hydrogen-bond donors (Lipinski definition) is 2. The van der Waals surface area contributed by atoms with Gasteiger partial charge in [0.2, 0.25) is 10.0 Å². The number of nitrogens with zero attached hydrogens (tertiary/aromatic N) is 1. The minimum absolute atomic E-state index is 0.00129. The van der Waals surface area contributed by atoms with Crippen LogP contribution in [-0.2, 0) is 10.0 Å². The molecule has 1 aliphatic carbocycles. The summed E-state index contributed by atoms with van der Waals surface area (Å²) in [5.41, 5.74) is 6.06. The summed E-state index contributed by atoms with van der Waals surface area (Å²) < 4.78 is 27.5. The Hall–Kier alpha value is -1.58. The predicted octanol–water partition coefficient (Wildman–Crippen LogP) is 2.39. The first-order valence-electron chi connectivity index (χ1n) is 7.16. The number of nitrogen functional groups attached to an aromatic ring is 1. The van der Waals surface area contributed by atoms with Crippen LogP contribution in [0.2, 0.25) is 0 Å². The number of anilines is 1. The summed E-state index contributed by atoms with van der Waals surface area (Å²) in [5.74, 6) is 0. The van der Waals surface area contributed by atoms with Crippen LogP contribution in [0.25, 0.3) is 0 Å². The summed E-state index contributed by atoms with van der Waals surface area (Å²) >= 11 is 0. The van der Waals surface area contributed by atoms with Crippen LogP contribution in [0, 0.1) is 16.7 Å². The van der Waals surface area contributed by atoms with Crippen LogP contribution in [-0.4, -0.2) is 15.0 Å². The third kappa shape index (κ3) is 3.74. The lowest BCUT2D eigenvalue weighted by Gasteiger charge is -2.33. The lowest BCUT2D eigenvalue weighted by atomic mass is 9.76. The standard InChI is InChI=1S/C15H21N3O2S/c1-15(7-3-2-4-8-15)11-18-21(19,20)14-6-5-13(17)9-12(14)10-16/h5-6,9,18H,2-4,7-8,11,17H2,1H3. The van der Waals surface area contributed by atoms with E-state index in [-0.39, 0.29) is 15.9 Å². The fraction of sp³-hybridized carbons (Fsp3) is 0.533. The minimum atomic E-state index is -3.69. The van der Waals surface area contributed by atoms with Crippen molar-refractivity contribution in [1.29, 1.82) is 5.26 Å². The minimum Gasteiger partial charge on any atom is -0.399 e. The third-order valence-electron chi connectivity index (χ3n) is 4.16. The Morgan fingerprint density at radius 3 is 2.62 bits per heavy atom. The van der Waals surface area contributed by atoms with Crippen molar-refractivity contribution in [2.75, 3.05) is 12.3 Å².